The number of amides is 1. The number of alkyl halides is 3. The van der Waals surface area contributed by atoms with Gasteiger partial charge in [-0.15, -0.1) is 10.2 Å². The lowest BCUT2D eigenvalue weighted by molar-refractivity contribution is -0.138. The number of anilines is 1. The van der Waals surface area contributed by atoms with Crippen molar-refractivity contribution in [1.29, 1.82) is 5.26 Å². The van der Waals surface area contributed by atoms with Gasteiger partial charge in [0, 0.05) is 0 Å². The van der Waals surface area contributed by atoms with Gasteiger partial charge in [-0.25, -0.2) is 0 Å². The van der Waals surface area contributed by atoms with Crippen LogP contribution in [0.15, 0.2) is 48.0 Å². The van der Waals surface area contributed by atoms with E-state index in [4.69, 9.17) is 9.47 Å². The summed E-state index contributed by atoms with van der Waals surface area (Å²) >= 11 is 0.168. The minimum absolute atomic E-state index is 0.168. The molecule has 2 aromatic carbocycles. The standard InChI is InChI=1S/C23H19F3N4O3S/c1-14-6-7-15(2)19(10-14)33-9-8-32-18-5-3-4-16(12-18)11-17(13-27)20(31)28-22-30-29-21(34-22)23(24,25)26/h3-7,10-12H,8-9H2,1-2H3,(H,28,30,31)/b17-11-. The van der Waals surface area contributed by atoms with Crippen LogP contribution < -0.4 is 14.8 Å². The maximum absolute atomic E-state index is 12.6. The summed E-state index contributed by atoms with van der Waals surface area (Å²) in [5.74, 6) is 0.373. The normalized spacial score (nSPS) is 11.6. The lowest BCUT2D eigenvalue weighted by Crippen LogP contribution is -2.13. The number of nitrogens with one attached hydrogen (secondary N) is 1. The smallest absolute Gasteiger partial charge is 0.445 e. The monoisotopic (exact) mass is 488 g/mol. The van der Waals surface area contributed by atoms with Crippen molar-refractivity contribution in [3.63, 3.8) is 0 Å². The Morgan fingerprint density at radius 1 is 1.15 bits per heavy atom. The van der Waals surface area contributed by atoms with Gasteiger partial charge in [0.05, 0.1) is 0 Å². The largest absolute Gasteiger partial charge is 0.490 e. The summed E-state index contributed by atoms with van der Waals surface area (Å²) in [4.78, 5) is 12.3. The van der Waals surface area contributed by atoms with Gasteiger partial charge in [-0.3, -0.25) is 10.1 Å². The zero-order chi connectivity index (χ0) is 24.7. The second-order valence-corrected chi connectivity index (χ2v) is 8.05. The summed E-state index contributed by atoms with van der Waals surface area (Å²) < 4.78 is 49.3. The molecule has 0 atom stereocenters. The highest BCUT2D eigenvalue weighted by atomic mass is 32.1. The SMILES string of the molecule is Cc1ccc(C)c(OCCOc2cccc(/C=C(/C#N)C(=O)Nc3nnc(C(F)(F)F)s3)c2)c1. The van der Waals surface area contributed by atoms with Crippen LogP contribution in [0.3, 0.4) is 0 Å². The minimum Gasteiger partial charge on any atom is -0.490 e. The topological polar surface area (TPSA) is 97.1 Å². The molecule has 0 aliphatic carbocycles. The highest BCUT2D eigenvalue weighted by molar-refractivity contribution is 7.15. The number of ether oxygens (including phenoxy) is 2. The Labute approximate surface area is 197 Å². The van der Waals surface area contributed by atoms with Crippen LogP contribution in [0.1, 0.15) is 21.7 Å². The van der Waals surface area contributed by atoms with Crippen molar-refractivity contribution in [3.05, 3.63) is 69.7 Å². The molecule has 1 N–H and O–H groups in total. The number of nitrogens with zero attached hydrogens (tertiary/aromatic N) is 3. The molecule has 1 amide bonds. The number of hydrogen-bond donors (Lipinski definition) is 1. The third kappa shape index (κ3) is 6.79. The maximum atomic E-state index is 12.6. The Morgan fingerprint density at radius 2 is 1.91 bits per heavy atom. The second kappa shape index (κ2) is 10.8. The molecule has 0 spiro atoms. The number of aryl methyl sites for hydroxylation is 2. The van der Waals surface area contributed by atoms with Gasteiger partial charge < -0.3 is 9.47 Å². The van der Waals surface area contributed by atoms with Crippen LogP contribution in [-0.4, -0.2) is 29.3 Å². The van der Waals surface area contributed by atoms with Crippen LogP contribution >= 0.6 is 11.3 Å². The number of aromatic nitrogens is 2. The Balaban J connectivity index is 1.60. The molecular formula is C23H19F3N4O3S. The molecule has 11 heteroatoms. The number of carbonyl (C=O) groups excluding carboxylic acids is 1. The molecule has 0 aliphatic heterocycles. The van der Waals surface area contributed by atoms with E-state index in [1.807, 2.05) is 32.0 Å². The fraction of sp³-hybridized carbons (Fsp3) is 0.217. The van der Waals surface area contributed by atoms with Gasteiger partial charge in [0.25, 0.3) is 5.91 Å². The maximum Gasteiger partial charge on any atom is 0.445 e. The molecule has 0 aliphatic rings. The molecular weight excluding hydrogens is 469 g/mol. The Kier molecular flexibility index (Phi) is 7.86. The van der Waals surface area contributed by atoms with Crippen molar-refractivity contribution in [2.75, 3.05) is 18.5 Å². The van der Waals surface area contributed by atoms with Crippen molar-refractivity contribution in [2.24, 2.45) is 0 Å². The van der Waals surface area contributed by atoms with Crippen molar-refractivity contribution in [2.45, 2.75) is 20.0 Å². The summed E-state index contributed by atoms with van der Waals surface area (Å²) in [7, 11) is 0. The molecule has 0 fully saturated rings. The van der Waals surface area contributed by atoms with Crippen LogP contribution in [0.2, 0.25) is 0 Å². The van der Waals surface area contributed by atoms with Crippen LogP contribution in [0.4, 0.5) is 18.3 Å². The van der Waals surface area contributed by atoms with Gasteiger partial charge in [-0.2, -0.15) is 18.4 Å². The molecule has 7 nitrogen and oxygen atoms in total. The van der Waals surface area contributed by atoms with Crippen molar-refractivity contribution in [1.82, 2.24) is 10.2 Å². The van der Waals surface area contributed by atoms with Crippen LogP contribution in [0, 0.1) is 25.2 Å². The third-order valence-corrected chi connectivity index (χ3v) is 5.26. The molecule has 0 saturated heterocycles. The zero-order valence-electron chi connectivity index (χ0n) is 18.1. The van der Waals surface area contributed by atoms with Crippen molar-refractivity contribution >= 4 is 28.5 Å². The van der Waals surface area contributed by atoms with Gasteiger partial charge >= 0.3 is 6.18 Å². The average molecular weight is 488 g/mol. The average Bonchev–Trinajstić information content (AvgIpc) is 3.26. The lowest BCUT2D eigenvalue weighted by atomic mass is 10.1. The zero-order valence-corrected chi connectivity index (χ0v) is 19.0. The minimum atomic E-state index is -4.67. The summed E-state index contributed by atoms with van der Waals surface area (Å²) in [5.41, 5.74) is 2.28. The third-order valence-electron chi connectivity index (χ3n) is 4.38. The van der Waals surface area contributed by atoms with Crippen LogP contribution in [0.5, 0.6) is 11.5 Å². The molecule has 0 unspecified atom stereocenters. The van der Waals surface area contributed by atoms with E-state index in [1.54, 1.807) is 30.3 Å². The molecule has 176 valence electrons. The quantitative estimate of drug-likeness (QED) is 0.267. The fourth-order valence-corrected chi connectivity index (χ4v) is 3.34. The van der Waals surface area contributed by atoms with E-state index in [0.717, 1.165) is 16.9 Å². The lowest BCUT2D eigenvalue weighted by Gasteiger charge is -2.11. The highest BCUT2D eigenvalue weighted by Gasteiger charge is 2.35. The molecule has 3 aromatic rings. The number of benzene rings is 2. The summed E-state index contributed by atoms with van der Waals surface area (Å²) in [6, 6.07) is 14.3. The van der Waals surface area contributed by atoms with Crippen LogP contribution in [-0.2, 0) is 11.0 Å². The number of nitriles is 1. The number of hydrogen-bond acceptors (Lipinski definition) is 7. The number of carbonyl (C=O) groups is 1. The fourth-order valence-electron chi connectivity index (χ4n) is 2.74. The molecule has 34 heavy (non-hydrogen) atoms. The predicted molar refractivity (Wildman–Crippen MR) is 120 cm³/mol. The first-order valence-corrected chi connectivity index (χ1v) is 10.7. The van der Waals surface area contributed by atoms with E-state index in [1.165, 1.54) is 6.08 Å². The van der Waals surface area contributed by atoms with E-state index < -0.39 is 17.1 Å². The summed E-state index contributed by atoms with van der Waals surface area (Å²) in [6.07, 6.45) is -3.38. The highest BCUT2D eigenvalue weighted by Crippen LogP contribution is 2.33. The Hall–Kier alpha value is -3.91. The van der Waals surface area contributed by atoms with Gasteiger partial charge in [0.15, 0.2) is 0 Å². The molecule has 3 rings (SSSR count). The van der Waals surface area contributed by atoms with E-state index >= 15 is 0 Å². The molecule has 1 aromatic heterocycles. The predicted octanol–water partition coefficient (Wildman–Crippen LogP) is 5.18. The molecule has 0 saturated carbocycles. The number of rotatable bonds is 8. The van der Waals surface area contributed by atoms with E-state index in [9.17, 15) is 23.2 Å². The second-order valence-electron chi connectivity index (χ2n) is 7.07. The first-order valence-electron chi connectivity index (χ1n) is 9.92. The Bertz CT molecular complexity index is 1250. The molecule has 0 radical (unpaired) electrons. The Morgan fingerprint density at radius 3 is 2.62 bits per heavy atom. The first-order chi connectivity index (χ1) is 16.2. The van der Waals surface area contributed by atoms with E-state index in [2.05, 4.69) is 15.5 Å². The van der Waals surface area contributed by atoms with Gasteiger partial charge in [0.2, 0.25) is 10.1 Å². The summed E-state index contributed by atoms with van der Waals surface area (Å²) in [6.45, 7) is 4.52. The molecule has 1 heterocycles. The number of halogens is 3. The van der Waals surface area contributed by atoms with Crippen molar-refractivity contribution in [3.8, 4) is 17.6 Å². The first kappa shape index (κ1) is 24.7. The van der Waals surface area contributed by atoms with E-state index in [-0.39, 0.29) is 28.6 Å². The van der Waals surface area contributed by atoms with Gasteiger partial charge in [0.1, 0.15) is 36.4 Å². The van der Waals surface area contributed by atoms with Gasteiger partial charge in [-0.05, 0) is 54.8 Å². The van der Waals surface area contributed by atoms with Gasteiger partial charge in [-0.1, -0.05) is 35.6 Å². The van der Waals surface area contributed by atoms with Crippen LogP contribution in [0.25, 0.3) is 6.08 Å². The summed E-state index contributed by atoms with van der Waals surface area (Å²) in [5, 5.41) is 16.2. The molecule has 0 bridgehead atoms. The van der Waals surface area contributed by atoms with Crippen molar-refractivity contribution < 1.29 is 27.4 Å². The van der Waals surface area contributed by atoms with E-state index in [0.29, 0.717) is 17.9 Å².